The molecule has 0 radical (unpaired) electrons. The number of hydrogen-bond donors (Lipinski definition) is 0. The molecule has 2 aromatic carbocycles. The number of aryl methyl sites for hydroxylation is 1. The molecule has 3 heterocycles. The number of hydrogen-bond acceptors (Lipinski definition) is 8. The summed E-state index contributed by atoms with van der Waals surface area (Å²) in [4.78, 5) is 27.6. The first-order chi connectivity index (χ1) is 20.5. The monoisotopic (exact) mass is 583 g/mol. The lowest BCUT2D eigenvalue weighted by atomic mass is 9.90. The number of carbonyl (C=O) groups excluding carboxylic acids is 2. The Kier molecular flexibility index (Phi) is 8.29. The van der Waals surface area contributed by atoms with E-state index in [9.17, 15) is 14.9 Å². The number of nitrogens with zero attached hydrogens (tertiary/aromatic N) is 5. The van der Waals surface area contributed by atoms with Crippen molar-refractivity contribution < 1.29 is 23.8 Å². The number of nitriles is 1. The van der Waals surface area contributed by atoms with Crippen LogP contribution < -0.4 is 4.74 Å². The van der Waals surface area contributed by atoms with Crippen LogP contribution >= 0.6 is 0 Å². The molecule has 43 heavy (non-hydrogen) atoms. The van der Waals surface area contributed by atoms with Crippen LogP contribution in [0.25, 0.3) is 10.9 Å². The first-order valence-electron chi connectivity index (χ1n) is 14.3. The van der Waals surface area contributed by atoms with Gasteiger partial charge < -0.3 is 14.2 Å². The van der Waals surface area contributed by atoms with E-state index in [0.717, 1.165) is 52.7 Å². The van der Waals surface area contributed by atoms with E-state index in [2.05, 4.69) is 16.1 Å². The SMILES string of the molecule is COC(=O)c1ccc([C@@H]2C[C@@H](n3cc(C#N)cn3)CCN2Cc2c(OC)cc(C)c3c2ccn3C(=O)OC(C)(C)C)cc1. The summed E-state index contributed by atoms with van der Waals surface area (Å²) in [7, 11) is 3.03. The smallest absolute Gasteiger partial charge is 0.419 e. The van der Waals surface area contributed by atoms with Gasteiger partial charge in [-0.05, 0) is 75.9 Å². The molecule has 10 heteroatoms. The molecular formula is C33H37N5O5. The van der Waals surface area contributed by atoms with Crippen LogP contribution in [0.1, 0.15) is 78.3 Å². The minimum Gasteiger partial charge on any atom is -0.496 e. The Hall–Kier alpha value is -4.62. The number of fused-ring (bicyclic) bond motifs is 1. The molecule has 0 saturated carbocycles. The zero-order valence-electron chi connectivity index (χ0n) is 25.5. The maximum absolute atomic E-state index is 13.1. The molecule has 1 aliphatic rings. The van der Waals surface area contributed by atoms with Crippen molar-refractivity contribution in [1.29, 1.82) is 5.26 Å². The first-order valence-corrected chi connectivity index (χ1v) is 14.3. The van der Waals surface area contributed by atoms with E-state index in [4.69, 9.17) is 14.2 Å². The number of carbonyl (C=O) groups is 2. The highest BCUT2D eigenvalue weighted by molar-refractivity contribution is 5.95. The molecule has 4 aromatic rings. The number of piperidine rings is 1. The highest BCUT2D eigenvalue weighted by atomic mass is 16.6. The van der Waals surface area contributed by atoms with E-state index < -0.39 is 11.7 Å². The highest BCUT2D eigenvalue weighted by Gasteiger charge is 2.33. The normalized spacial score (nSPS) is 17.4. The summed E-state index contributed by atoms with van der Waals surface area (Å²) in [6.45, 7) is 8.83. The molecular weight excluding hydrogens is 546 g/mol. The summed E-state index contributed by atoms with van der Waals surface area (Å²) in [5, 5.41) is 14.7. The number of methoxy groups -OCH3 is 2. The van der Waals surface area contributed by atoms with E-state index in [1.54, 1.807) is 42.4 Å². The van der Waals surface area contributed by atoms with Gasteiger partial charge >= 0.3 is 12.1 Å². The maximum atomic E-state index is 13.1. The molecule has 0 amide bonds. The Bertz CT molecular complexity index is 1690. The fraction of sp³-hybridized carbons (Fsp3) is 0.394. The Labute approximate surface area is 251 Å². The van der Waals surface area contributed by atoms with Crippen molar-refractivity contribution in [2.45, 2.75) is 64.8 Å². The molecule has 0 N–H and O–H groups in total. The highest BCUT2D eigenvalue weighted by Crippen LogP contribution is 2.40. The van der Waals surface area contributed by atoms with Crippen molar-refractivity contribution in [3.05, 3.63) is 82.8 Å². The van der Waals surface area contributed by atoms with Crippen molar-refractivity contribution in [2.24, 2.45) is 0 Å². The molecule has 1 fully saturated rings. The van der Waals surface area contributed by atoms with Crippen LogP contribution in [0.3, 0.4) is 0 Å². The van der Waals surface area contributed by atoms with E-state index in [0.29, 0.717) is 17.7 Å². The molecule has 0 spiro atoms. The zero-order valence-corrected chi connectivity index (χ0v) is 25.5. The Balaban J connectivity index is 1.53. The fourth-order valence-corrected chi connectivity index (χ4v) is 5.90. The number of likely N-dealkylation sites (tertiary alicyclic amines) is 1. The van der Waals surface area contributed by atoms with Gasteiger partial charge in [0.2, 0.25) is 0 Å². The van der Waals surface area contributed by atoms with Crippen molar-refractivity contribution >= 4 is 23.0 Å². The molecule has 2 aromatic heterocycles. The molecule has 10 nitrogen and oxygen atoms in total. The van der Waals surface area contributed by atoms with Crippen LogP contribution in [0, 0.1) is 18.3 Å². The summed E-state index contributed by atoms with van der Waals surface area (Å²) in [5.41, 5.74) is 4.13. The second-order valence-corrected chi connectivity index (χ2v) is 11.9. The van der Waals surface area contributed by atoms with Crippen LogP contribution in [-0.4, -0.2) is 57.7 Å². The van der Waals surface area contributed by atoms with E-state index >= 15 is 0 Å². The third kappa shape index (κ3) is 6.13. The summed E-state index contributed by atoms with van der Waals surface area (Å²) in [5.74, 6) is 0.367. The molecule has 2 atom stereocenters. The second kappa shape index (κ2) is 11.9. The lowest BCUT2D eigenvalue weighted by Crippen LogP contribution is -2.37. The van der Waals surface area contributed by atoms with Gasteiger partial charge in [-0.25, -0.2) is 9.59 Å². The molecule has 1 aliphatic heterocycles. The van der Waals surface area contributed by atoms with Gasteiger partial charge in [0.15, 0.2) is 0 Å². The number of esters is 1. The average molecular weight is 584 g/mol. The van der Waals surface area contributed by atoms with E-state index in [1.807, 2.05) is 56.6 Å². The molecule has 5 rings (SSSR count). The number of benzene rings is 2. The lowest BCUT2D eigenvalue weighted by molar-refractivity contribution is 0.0542. The largest absolute Gasteiger partial charge is 0.496 e. The van der Waals surface area contributed by atoms with Gasteiger partial charge in [0.25, 0.3) is 0 Å². The van der Waals surface area contributed by atoms with Gasteiger partial charge in [0.1, 0.15) is 17.4 Å². The third-order valence-electron chi connectivity index (χ3n) is 7.91. The molecule has 0 aliphatic carbocycles. The predicted octanol–water partition coefficient (Wildman–Crippen LogP) is 6.17. The summed E-state index contributed by atoms with van der Waals surface area (Å²) >= 11 is 0. The standard InChI is InChI=1S/C33H37N5O5/c1-21-15-29(41-5)27(26-12-14-37(30(21)26)32(40)43-33(2,3)4)20-36-13-11-25(38-19-22(17-34)18-35-38)16-28(36)23-7-9-24(10-8-23)31(39)42-6/h7-10,12,14-15,18-19,25,28H,11,13,16,20H2,1-6H3/t25-,28-/m0/s1. The van der Waals surface area contributed by atoms with Crippen molar-refractivity contribution in [3.8, 4) is 11.8 Å². The molecule has 1 saturated heterocycles. The maximum Gasteiger partial charge on any atom is 0.419 e. The van der Waals surface area contributed by atoms with Gasteiger partial charge in [-0.3, -0.25) is 14.1 Å². The number of ether oxygens (including phenoxy) is 3. The minimum atomic E-state index is -0.625. The van der Waals surface area contributed by atoms with Gasteiger partial charge in [-0.15, -0.1) is 0 Å². The van der Waals surface area contributed by atoms with Crippen molar-refractivity contribution in [1.82, 2.24) is 19.2 Å². The van der Waals surface area contributed by atoms with Gasteiger partial charge in [0, 0.05) is 42.5 Å². The summed E-state index contributed by atoms with van der Waals surface area (Å²) < 4.78 is 19.9. The topological polar surface area (TPSA) is 112 Å². The fourth-order valence-electron chi connectivity index (χ4n) is 5.90. The van der Waals surface area contributed by atoms with Gasteiger partial charge in [0.05, 0.1) is 43.1 Å². The van der Waals surface area contributed by atoms with Crippen LogP contribution in [0.5, 0.6) is 5.75 Å². The number of aromatic nitrogens is 3. The van der Waals surface area contributed by atoms with Gasteiger partial charge in [-0.2, -0.15) is 10.4 Å². The number of rotatable bonds is 6. The van der Waals surface area contributed by atoms with Crippen LogP contribution in [-0.2, 0) is 16.0 Å². The first kappa shape index (κ1) is 29.9. The predicted molar refractivity (Wildman–Crippen MR) is 161 cm³/mol. The van der Waals surface area contributed by atoms with E-state index in [1.165, 1.54) is 7.11 Å². The molecule has 0 bridgehead atoms. The minimum absolute atomic E-state index is 0.0193. The van der Waals surface area contributed by atoms with Gasteiger partial charge in [-0.1, -0.05) is 12.1 Å². The quantitative estimate of drug-likeness (QED) is 0.248. The van der Waals surface area contributed by atoms with Crippen LogP contribution in [0.4, 0.5) is 4.79 Å². The lowest BCUT2D eigenvalue weighted by Gasteiger charge is -2.40. The van der Waals surface area contributed by atoms with Crippen molar-refractivity contribution in [2.75, 3.05) is 20.8 Å². The molecule has 0 unspecified atom stereocenters. The average Bonchev–Trinajstić information content (AvgIpc) is 3.66. The Morgan fingerprint density at radius 3 is 2.51 bits per heavy atom. The second-order valence-electron chi connectivity index (χ2n) is 11.9. The third-order valence-corrected chi connectivity index (χ3v) is 7.91. The zero-order chi connectivity index (χ0) is 30.9. The summed E-state index contributed by atoms with van der Waals surface area (Å²) in [6, 6.07) is 13.7. The van der Waals surface area contributed by atoms with Crippen molar-refractivity contribution in [3.63, 3.8) is 0 Å². The Morgan fingerprint density at radius 2 is 1.88 bits per heavy atom. The summed E-state index contributed by atoms with van der Waals surface area (Å²) in [6.07, 6.45) is 6.30. The Morgan fingerprint density at radius 1 is 1.14 bits per heavy atom. The van der Waals surface area contributed by atoms with Crippen LogP contribution in [0.15, 0.2) is 55.0 Å². The van der Waals surface area contributed by atoms with Crippen LogP contribution in [0.2, 0.25) is 0 Å². The van der Waals surface area contributed by atoms with E-state index in [-0.39, 0.29) is 18.1 Å². The molecule has 224 valence electrons.